The molecule has 5 nitrogen and oxygen atoms in total. The van der Waals surface area contributed by atoms with E-state index < -0.39 is 10.0 Å². The number of thiophene rings is 1. The smallest absolute Gasteiger partial charge is 0.250 e. The lowest BCUT2D eigenvalue weighted by atomic mass is 10.0. The largest absolute Gasteiger partial charge is 0.385 e. The lowest BCUT2D eigenvalue weighted by Crippen LogP contribution is -2.30. The Morgan fingerprint density at radius 1 is 1.53 bits per heavy atom. The van der Waals surface area contributed by atoms with Gasteiger partial charge in [-0.1, -0.05) is 0 Å². The number of nitrogens with one attached hydrogen (secondary N) is 1. The van der Waals surface area contributed by atoms with E-state index in [2.05, 4.69) is 4.72 Å². The second kappa shape index (κ2) is 5.88. The zero-order valence-electron chi connectivity index (χ0n) is 11.0. The van der Waals surface area contributed by atoms with Crippen LogP contribution in [0, 0.1) is 5.41 Å². The van der Waals surface area contributed by atoms with Crippen molar-refractivity contribution in [2.45, 2.75) is 30.0 Å². The summed E-state index contributed by atoms with van der Waals surface area (Å²) < 4.78 is 32.4. The van der Waals surface area contributed by atoms with E-state index >= 15 is 0 Å². The normalized spacial score (nSPS) is 17.6. The Morgan fingerprint density at radius 2 is 2.26 bits per heavy atom. The van der Waals surface area contributed by atoms with E-state index in [-0.39, 0.29) is 5.41 Å². The predicted molar refractivity (Wildman–Crippen MR) is 75.6 cm³/mol. The zero-order valence-corrected chi connectivity index (χ0v) is 12.6. The highest BCUT2D eigenvalue weighted by molar-refractivity contribution is 7.91. The summed E-state index contributed by atoms with van der Waals surface area (Å²) in [5.74, 6) is 0. The highest BCUT2D eigenvalue weighted by Gasteiger charge is 2.42. The maximum absolute atomic E-state index is 12.1. The van der Waals surface area contributed by atoms with Gasteiger partial charge in [-0.05, 0) is 41.7 Å². The molecule has 1 heterocycles. The summed E-state index contributed by atoms with van der Waals surface area (Å²) in [5, 5.41) is 1.78. The molecule has 0 aliphatic heterocycles. The molecule has 0 radical (unpaired) electrons. The van der Waals surface area contributed by atoms with Crippen LogP contribution in [0.25, 0.3) is 0 Å². The molecular weight excluding hydrogens is 284 g/mol. The Labute approximate surface area is 118 Å². The third kappa shape index (κ3) is 3.76. The number of hydrogen-bond donors (Lipinski definition) is 2. The molecule has 1 aliphatic rings. The van der Waals surface area contributed by atoms with Crippen molar-refractivity contribution in [1.82, 2.24) is 4.72 Å². The summed E-state index contributed by atoms with van der Waals surface area (Å²) in [6.45, 7) is 1.54. The summed E-state index contributed by atoms with van der Waals surface area (Å²) in [4.78, 5) is 0. The van der Waals surface area contributed by atoms with Crippen molar-refractivity contribution in [2.75, 3.05) is 20.3 Å². The molecule has 0 saturated heterocycles. The average molecular weight is 304 g/mol. The van der Waals surface area contributed by atoms with Crippen LogP contribution in [0.1, 0.15) is 24.8 Å². The third-order valence-electron chi connectivity index (χ3n) is 3.56. The molecule has 0 unspecified atom stereocenters. The van der Waals surface area contributed by atoms with Gasteiger partial charge in [-0.3, -0.25) is 0 Å². The number of methoxy groups -OCH3 is 1. The first-order chi connectivity index (χ1) is 9.01. The number of rotatable bonds is 8. The van der Waals surface area contributed by atoms with Crippen molar-refractivity contribution < 1.29 is 13.2 Å². The highest BCUT2D eigenvalue weighted by Crippen LogP contribution is 2.48. The number of hydrogen-bond acceptors (Lipinski definition) is 5. The average Bonchev–Trinajstić information content (AvgIpc) is 2.99. The minimum absolute atomic E-state index is 0.108. The van der Waals surface area contributed by atoms with Crippen molar-refractivity contribution in [3.8, 4) is 0 Å². The molecule has 1 aromatic heterocycles. The lowest BCUT2D eigenvalue weighted by Gasteiger charge is -2.15. The van der Waals surface area contributed by atoms with Crippen LogP contribution >= 0.6 is 11.3 Å². The standard InChI is InChI=1S/C12H20N2O3S2/c1-17-5-4-12(2-3-12)9-14-19(15,16)11-6-10(7-13)8-18-11/h6,8,14H,2-5,7,9,13H2,1H3. The van der Waals surface area contributed by atoms with Gasteiger partial charge in [0.25, 0.3) is 0 Å². The fraction of sp³-hybridized carbons (Fsp3) is 0.667. The first kappa shape index (κ1) is 14.9. The van der Waals surface area contributed by atoms with Gasteiger partial charge in [0, 0.05) is 26.8 Å². The maximum Gasteiger partial charge on any atom is 0.250 e. The third-order valence-corrected chi connectivity index (χ3v) is 6.45. The Bertz CT molecular complexity index is 521. The van der Waals surface area contributed by atoms with E-state index in [1.807, 2.05) is 0 Å². The fourth-order valence-electron chi connectivity index (χ4n) is 1.93. The Hall–Kier alpha value is -0.470. The topological polar surface area (TPSA) is 81.4 Å². The summed E-state index contributed by atoms with van der Waals surface area (Å²) >= 11 is 1.21. The van der Waals surface area contributed by atoms with E-state index in [1.165, 1.54) is 11.3 Å². The van der Waals surface area contributed by atoms with E-state index in [4.69, 9.17) is 10.5 Å². The monoisotopic (exact) mass is 304 g/mol. The summed E-state index contributed by atoms with van der Waals surface area (Å²) in [7, 11) is -1.73. The van der Waals surface area contributed by atoms with E-state index in [1.54, 1.807) is 18.6 Å². The van der Waals surface area contributed by atoms with Crippen molar-refractivity contribution >= 4 is 21.4 Å². The fourth-order valence-corrected chi connectivity index (χ4v) is 4.35. The van der Waals surface area contributed by atoms with Crippen molar-refractivity contribution in [3.05, 3.63) is 17.0 Å². The molecule has 7 heteroatoms. The van der Waals surface area contributed by atoms with Crippen molar-refractivity contribution in [3.63, 3.8) is 0 Å². The van der Waals surface area contributed by atoms with Crippen LogP contribution in [0.4, 0.5) is 0 Å². The van der Waals surface area contributed by atoms with Crippen LogP contribution < -0.4 is 10.5 Å². The number of nitrogens with two attached hydrogens (primary N) is 1. The van der Waals surface area contributed by atoms with Gasteiger partial charge < -0.3 is 10.5 Å². The SMILES string of the molecule is COCCC1(CNS(=O)(=O)c2cc(CN)cs2)CC1. The van der Waals surface area contributed by atoms with Crippen LogP contribution in [-0.4, -0.2) is 28.7 Å². The van der Waals surface area contributed by atoms with Gasteiger partial charge in [-0.15, -0.1) is 11.3 Å². The summed E-state index contributed by atoms with van der Waals surface area (Å²) in [5.41, 5.74) is 6.45. The van der Waals surface area contributed by atoms with Crippen LogP contribution in [0.15, 0.2) is 15.7 Å². The van der Waals surface area contributed by atoms with Gasteiger partial charge in [0.2, 0.25) is 10.0 Å². The summed E-state index contributed by atoms with van der Waals surface area (Å²) in [6.07, 6.45) is 3.04. The predicted octanol–water partition coefficient (Wildman–Crippen LogP) is 1.30. The second-order valence-corrected chi connectivity index (χ2v) is 7.95. The van der Waals surface area contributed by atoms with Crippen LogP contribution in [0.2, 0.25) is 0 Å². The van der Waals surface area contributed by atoms with Crippen LogP contribution in [0.3, 0.4) is 0 Å². The van der Waals surface area contributed by atoms with Gasteiger partial charge in [0.1, 0.15) is 4.21 Å². The molecule has 19 heavy (non-hydrogen) atoms. The lowest BCUT2D eigenvalue weighted by molar-refractivity contribution is 0.173. The van der Waals surface area contributed by atoms with Gasteiger partial charge in [0.05, 0.1) is 0 Å². The van der Waals surface area contributed by atoms with Crippen molar-refractivity contribution in [2.24, 2.45) is 11.1 Å². The van der Waals surface area contributed by atoms with Gasteiger partial charge in [-0.25, -0.2) is 13.1 Å². The Morgan fingerprint density at radius 3 is 2.79 bits per heavy atom. The maximum atomic E-state index is 12.1. The Kier molecular flexibility index (Phi) is 4.62. The molecule has 1 fully saturated rings. The first-order valence-electron chi connectivity index (χ1n) is 6.27. The van der Waals surface area contributed by atoms with Crippen LogP contribution in [0.5, 0.6) is 0 Å². The highest BCUT2D eigenvalue weighted by atomic mass is 32.2. The minimum atomic E-state index is -3.40. The van der Waals surface area contributed by atoms with Crippen molar-refractivity contribution in [1.29, 1.82) is 0 Å². The number of ether oxygens (including phenoxy) is 1. The number of sulfonamides is 1. The molecule has 0 atom stereocenters. The molecule has 1 aliphatic carbocycles. The summed E-state index contributed by atoms with van der Waals surface area (Å²) in [6, 6.07) is 1.64. The van der Waals surface area contributed by atoms with E-state index in [0.717, 1.165) is 24.8 Å². The van der Waals surface area contributed by atoms with E-state index in [0.29, 0.717) is 23.9 Å². The molecule has 0 bridgehead atoms. The zero-order chi connectivity index (χ0) is 13.9. The Balaban J connectivity index is 1.94. The first-order valence-corrected chi connectivity index (χ1v) is 8.64. The molecule has 0 amide bonds. The molecule has 0 aromatic carbocycles. The second-order valence-electron chi connectivity index (χ2n) is 5.05. The molecule has 1 saturated carbocycles. The minimum Gasteiger partial charge on any atom is -0.385 e. The van der Waals surface area contributed by atoms with Gasteiger partial charge in [-0.2, -0.15) is 0 Å². The van der Waals surface area contributed by atoms with Gasteiger partial charge >= 0.3 is 0 Å². The quantitative estimate of drug-likeness (QED) is 0.758. The molecule has 1 aromatic rings. The molecule has 0 spiro atoms. The van der Waals surface area contributed by atoms with Gasteiger partial charge in [0.15, 0.2) is 0 Å². The van der Waals surface area contributed by atoms with E-state index in [9.17, 15) is 8.42 Å². The molecular formula is C12H20N2O3S2. The molecule has 2 rings (SSSR count). The molecule has 108 valence electrons. The molecule has 3 N–H and O–H groups in total. The van der Waals surface area contributed by atoms with Crippen LogP contribution in [-0.2, 0) is 21.3 Å².